The second-order valence-electron chi connectivity index (χ2n) is 1.28. The highest BCUT2D eigenvalue weighted by Crippen LogP contribution is 1.77. The predicted molar refractivity (Wildman–Crippen MR) is 37.0 cm³/mol. The van der Waals surface area contributed by atoms with Crippen LogP contribution in [0.1, 0.15) is 6.42 Å². The number of nitrogens with zero attached hydrogens (tertiary/aromatic N) is 1. The summed E-state index contributed by atoms with van der Waals surface area (Å²) in [5.74, 6) is 2.30. The molecule has 0 unspecified atom stereocenters. The van der Waals surface area contributed by atoms with Gasteiger partial charge in [0.05, 0.1) is 6.21 Å². The van der Waals surface area contributed by atoms with E-state index < -0.39 is 0 Å². The first-order chi connectivity index (χ1) is 3.91. The lowest BCUT2D eigenvalue weighted by Crippen LogP contribution is -1.74. The molecule has 0 N–H and O–H groups in total. The van der Waals surface area contributed by atoms with Gasteiger partial charge < -0.3 is 0 Å². The van der Waals surface area contributed by atoms with Crippen LogP contribution in [0, 0.1) is 12.3 Å². The highest BCUT2D eigenvalue weighted by molar-refractivity contribution is 5.77. The highest BCUT2D eigenvalue weighted by atomic mass is 14.7. The monoisotopic (exact) mass is 107 g/mol. The lowest BCUT2D eigenvalue weighted by Gasteiger charge is -1.80. The molecule has 0 aliphatic carbocycles. The molecule has 0 bridgehead atoms. The Morgan fingerprint density at radius 3 is 3.00 bits per heavy atom. The van der Waals surface area contributed by atoms with Crippen LogP contribution in [0.4, 0.5) is 0 Å². The standard InChI is InChI=1S/C7H9N/c1-3-5-7-8-6-4-2/h2-3,6H,1,5,7H2/b8-6+. The SMILES string of the molecule is C#C/C=N/CCC=C. The third kappa shape index (κ3) is 4.97. The van der Waals surface area contributed by atoms with Crippen LogP contribution in [-0.4, -0.2) is 12.8 Å². The van der Waals surface area contributed by atoms with E-state index in [1.54, 1.807) is 0 Å². The van der Waals surface area contributed by atoms with Crippen molar-refractivity contribution in [1.82, 2.24) is 0 Å². The Hall–Kier alpha value is -1.03. The molecule has 0 aromatic heterocycles. The molecule has 0 heterocycles. The first-order valence-electron chi connectivity index (χ1n) is 2.47. The molecule has 42 valence electrons. The Labute approximate surface area is 50.1 Å². The molecule has 1 nitrogen and oxygen atoms in total. The first-order valence-corrected chi connectivity index (χ1v) is 2.47. The second kappa shape index (κ2) is 5.97. The number of hydrogen-bond donors (Lipinski definition) is 0. The molecule has 0 radical (unpaired) electrons. The van der Waals surface area contributed by atoms with Crippen LogP contribution in [-0.2, 0) is 0 Å². The third-order valence-corrected chi connectivity index (χ3v) is 0.628. The van der Waals surface area contributed by atoms with Gasteiger partial charge in [-0.1, -0.05) is 12.0 Å². The maximum Gasteiger partial charge on any atom is 0.0708 e. The second-order valence-corrected chi connectivity index (χ2v) is 1.28. The quantitative estimate of drug-likeness (QED) is 0.223. The molecule has 0 spiro atoms. The molecule has 0 saturated carbocycles. The lowest BCUT2D eigenvalue weighted by molar-refractivity contribution is 1.02. The van der Waals surface area contributed by atoms with Crippen LogP contribution in [0.5, 0.6) is 0 Å². The van der Waals surface area contributed by atoms with Gasteiger partial charge in [0.2, 0.25) is 0 Å². The van der Waals surface area contributed by atoms with Gasteiger partial charge in [0.25, 0.3) is 0 Å². The summed E-state index contributed by atoms with van der Waals surface area (Å²) in [5.41, 5.74) is 0. The van der Waals surface area contributed by atoms with Crippen LogP contribution < -0.4 is 0 Å². The molecule has 0 aromatic rings. The average Bonchev–Trinajstić information content (AvgIpc) is 1.81. The normalized spacial score (nSPS) is 8.88. The fourth-order valence-corrected chi connectivity index (χ4v) is 0.283. The summed E-state index contributed by atoms with van der Waals surface area (Å²) < 4.78 is 0. The summed E-state index contributed by atoms with van der Waals surface area (Å²) in [6.07, 6.45) is 9.06. The van der Waals surface area contributed by atoms with Crippen LogP contribution in [0.2, 0.25) is 0 Å². The Morgan fingerprint density at radius 1 is 1.75 bits per heavy atom. The Balaban J connectivity index is 3.06. The summed E-state index contributed by atoms with van der Waals surface area (Å²) in [7, 11) is 0. The van der Waals surface area contributed by atoms with E-state index in [1.807, 2.05) is 6.08 Å². The zero-order chi connectivity index (χ0) is 6.24. The van der Waals surface area contributed by atoms with Gasteiger partial charge in [0, 0.05) is 6.54 Å². The molecule has 0 aromatic carbocycles. The van der Waals surface area contributed by atoms with Crippen molar-refractivity contribution in [3.05, 3.63) is 12.7 Å². The third-order valence-electron chi connectivity index (χ3n) is 0.628. The van der Waals surface area contributed by atoms with Gasteiger partial charge in [0.1, 0.15) is 0 Å². The average molecular weight is 107 g/mol. The van der Waals surface area contributed by atoms with E-state index in [1.165, 1.54) is 6.21 Å². The molecule has 0 aliphatic heterocycles. The summed E-state index contributed by atoms with van der Waals surface area (Å²) in [6, 6.07) is 0. The minimum Gasteiger partial charge on any atom is -0.284 e. The molecule has 1 heteroatoms. The van der Waals surface area contributed by atoms with Gasteiger partial charge in [-0.25, -0.2) is 0 Å². The summed E-state index contributed by atoms with van der Waals surface area (Å²) in [4.78, 5) is 3.85. The summed E-state index contributed by atoms with van der Waals surface area (Å²) in [5, 5.41) is 0. The van der Waals surface area contributed by atoms with E-state index in [4.69, 9.17) is 6.42 Å². The molecule has 0 saturated heterocycles. The molecule has 0 atom stereocenters. The van der Waals surface area contributed by atoms with Gasteiger partial charge >= 0.3 is 0 Å². The van der Waals surface area contributed by atoms with Crippen molar-refractivity contribution in [2.45, 2.75) is 6.42 Å². The highest BCUT2D eigenvalue weighted by Gasteiger charge is 1.69. The maximum absolute atomic E-state index is 4.89. The maximum atomic E-state index is 4.89. The number of terminal acetylenes is 1. The molecule has 8 heavy (non-hydrogen) atoms. The zero-order valence-corrected chi connectivity index (χ0v) is 4.80. The summed E-state index contributed by atoms with van der Waals surface area (Å²) in [6.45, 7) is 4.29. The van der Waals surface area contributed by atoms with E-state index >= 15 is 0 Å². The number of aliphatic imine (C=N–C) groups is 1. The van der Waals surface area contributed by atoms with E-state index in [9.17, 15) is 0 Å². The smallest absolute Gasteiger partial charge is 0.0708 e. The minimum atomic E-state index is 0.758. The lowest BCUT2D eigenvalue weighted by atomic mass is 10.4. The van der Waals surface area contributed by atoms with Crippen molar-refractivity contribution in [2.24, 2.45) is 4.99 Å². The Kier molecular flexibility index (Phi) is 5.20. The van der Waals surface area contributed by atoms with Gasteiger partial charge in [-0.3, -0.25) is 4.99 Å². The number of hydrogen-bond acceptors (Lipinski definition) is 1. The fourth-order valence-electron chi connectivity index (χ4n) is 0.283. The van der Waals surface area contributed by atoms with Gasteiger partial charge in [-0.05, 0) is 6.42 Å². The molecule has 0 aliphatic rings. The summed E-state index contributed by atoms with van der Waals surface area (Å²) >= 11 is 0. The van der Waals surface area contributed by atoms with Crippen molar-refractivity contribution >= 4 is 6.21 Å². The largest absolute Gasteiger partial charge is 0.284 e. The number of rotatable bonds is 3. The minimum absolute atomic E-state index is 0.758. The van der Waals surface area contributed by atoms with E-state index in [0.29, 0.717) is 0 Å². The van der Waals surface area contributed by atoms with Crippen molar-refractivity contribution in [2.75, 3.05) is 6.54 Å². The van der Waals surface area contributed by atoms with E-state index in [0.717, 1.165) is 13.0 Å². The fraction of sp³-hybridized carbons (Fsp3) is 0.286. The van der Waals surface area contributed by atoms with Gasteiger partial charge in [-0.15, -0.1) is 13.0 Å². The van der Waals surface area contributed by atoms with Crippen LogP contribution in [0.3, 0.4) is 0 Å². The molecular formula is C7H9N. The molecule has 0 rings (SSSR count). The van der Waals surface area contributed by atoms with E-state index in [-0.39, 0.29) is 0 Å². The van der Waals surface area contributed by atoms with Crippen LogP contribution in [0.15, 0.2) is 17.6 Å². The topological polar surface area (TPSA) is 12.4 Å². The van der Waals surface area contributed by atoms with Crippen LogP contribution in [0.25, 0.3) is 0 Å². The van der Waals surface area contributed by atoms with Crippen LogP contribution >= 0.6 is 0 Å². The van der Waals surface area contributed by atoms with Crippen molar-refractivity contribution in [1.29, 1.82) is 0 Å². The van der Waals surface area contributed by atoms with Gasteiger partial charge in [0.15, 0.2) is 0 Å². The van der Waals surface area contributed by atoms with Crippen molar-refractivity contribution in [3.63, 3.8) is 0 Å². The predicted octanol–water partition coefficient (Wildman–Crippen LogP) is 1.27. The van der Waals surface area contributed by atoms with E-state index in [2.05, 4.69) is 17.5 Å². The Bertz CT molecular complexity index is 117. The van der Waals surface area contributed by atoms with Crippen molar-refractivity contribution < 1.29 is 0 Å². The van der Waals surface area contributed by atoms with Crippen molar-refractivity contribution in [3.8, 4) is 12.3 Å². The Morgan fingerprint density at radius 2 is 2.50 bits per heavy atom. The molecule has 0 fully saturated rings. The molecule has 0 amide bonds. The molecular weight excluding hydrogens is 98.1 g/mol. The first kappa shape index (κ1) is 6.97. The zero-order valence-electron chi connectivity index (χ0n) is 4.80. The van der Waals surface area contributed by atoms with Gasteiger partial charge in [-0.2, -0.15) is 0 Å².